The van der Waals surface area contributed by atoms with Gasteiger partial charge in [0.05, 0.1) is 13.0 Å². The molecule has 0 saturated carbocycles. The second-order valence-corrected chi connectivity index (χ2v) is 7.44. The first-order valence-electron chi connectivity index (χ1n) is 10.5. The van der Waals surface area contributed by atoms with E-state index in [0.29, 0.717) is 12.4 Å². The molecule has 2 aromatic rings. The van der Waals surface area contributed by atoms with E-state index in [4.69, 9.17) is 15.6 Å². The van der Waals surface area contributed by atoms with Crippen LogP contribution < -0.4 is 21.1 Å². The minimum atomic E-state index is -0.842. The Morgan fingerprint density at radius 1 is 1.06 bits per heavy atom. The first-order valence-corrected chi connectivity index (χ1v) is 10.5. The van der Waals surface area contributed by atoms with Gasteiger partial charge in [-0.3, -0.25) is 14.4 Å². The summed E-state index contributed by atoms with van der Waals surface area (Å²) >= 11 is 0. The van der Waals surface area contributed by atoms with Gasteiger partial charge in [0.1, 0.15) is 18.4 Å². The number of primary amides is 1. The van der Waals surface area contributed by atoms with Crippen LogP contribution in [0.2, 0.25) is 0 Å². The number of rotatable bonds is 13. The van der Waals surface area contributed by atoms with Crippen LogP contribution in [0.5, 0.6) is 5.75 Å². The maximum atomic E-state index is 12.5. The molecule has 1 radical (unpaired) electrons. The highest BCUT2D eigenvalue weighted by Crippen LogP contribution is 2.16. The van der Waals surface area contributed by atoms with Crippen molar-refractivity contribution in [1.82, 2.24) is 10.6 Å². The summed E-state index contributed by atoms with van der Waals surface area (Å²) in [5.74, 6) is -1.17. The fraction of sp³-hybridized carbons (Fsp3) is 0.333. The molecular weight excluding hydrogens is 410 g/mol. The fourth-order valence-corrected chi connectivity index (χ4v) is 2.84. The molecule has 0 saturated heterocycles. The quantitative estimate of drug-likeness (QED) is 0.371. The van der Waals surface area contributed by atoms with E-state index in [0.717, 1.165) is 11.1 Å². The second-order valence-electron chi connectivity index (χ2n) is 7.44. The number of carbonyl (C=O) groups excluding carboxylic acids is 3. The third-order valence-corrected chi connectivity index (χ3v) is 4.80. The van der Waals surface area contributed by atoms with Crippen molar-refractivity contribution in [3.05, 3.63) is 72.1 Å². The fourth-order valence-electron chi connectivity index (χ4n) is 2.84. The lowest BCUT2D eigenvalue weighted by molar-refractivity contribution is -0.128. The zero-order valence-electron chi connectivity index (χ0n) is 18.1. The third-order valence-electron chi connectivity index (χ3n) is 4.80. The zero-order chi connectivity index (χ0) is 23.3. The first-order chi connectivity index (χ1) is 15.4. The largest absolute Gasteiger partial charge is 0.489 e. The molecule has 0 heterocycles. The Labute approximate surface area is 188 Å². The van der Waals surface area contributed by atoms with Crippen molar-refractivity contribution in [2.45, 2.75) is 32.4 Å². The van der Waals surface area contributed by atoms with E-state index in [2.05, 4.69) is 10.6 Å². The van der Waals surface area contributed by atoms with Crippen LogP contribution in [0.1, 0.15) is 24.5 Å². The molecule has 2 unspecified atom stereocenters. The van der Waals surface area contributed by atoms with Crippen LogP contribution in [0, 0.1) is 12.3 Å². The van der Waals surface area contributed by atoms with Gasteiger partial charge in [-0.1, -0.05) is 49.4 Å². The molecule has 3 amide bonds. The zero-order valence-corrected chi connectivity index (χ0v) is 18.1. The number of hydrogen-bond donors (Lipinski definition) is 4. The van der Waals surface area contributed by atoms with Crippen molar-refractivity contribution in [1.29, 1.82) is 0 Å². The van der Waals surface area contributed by atoms with Gasteiger partial charge in [0.25, 0.3) is 0 Å². The van der Waals surface area contributed by atoms with Crippen molar-refractivity contribution in [3.63, 3.8) is 0 Å². The van der Waals surface area contributed by atoms with E-state index < -0.39 is 29.7 Å². The van der Waals surface area contributed by atoms with Gasteiger partial charge in [0, 0.05) is 18.9 Å². The smallest absolute Gasteiger partial charge is 0.243 e. The van der Waals surface area contributed by atoms with Gasteiger partial charge in [-0.2, -0.15) is 0 Å². The summed E-state index contributed by atoms with van der Waals surface area (Å²) in [5, 5.41) is 14.2. The molecule has 8 heteroatoms. The lowest BCUT2D eigenvalue weighted by Gasteiger charge is -2.19. The van der Waals surface area contributed by atoms with Crippen LogP contribution >= 0.6 is 0 Å². The Morgan fingerprint density at radius 3 is 2.38 bits per heavy atom. The molecule has 0 fully saturated rings. The molecule has 171 valence electrons. The Morgan fingerprint density at radius 2 is 1.75 bits per heavy atom. The average Bonchev–Trinajstić information content (AvgIpc) is 2.80. The molecule has 8 nitrogen and oxygen atoms in total. The number of hydrogen-bond acceptors (Lipinski definition) is 5. The van der Waals surface area contributed by atoms with Gasteiger partial charge in [-0.15, -0.1) is 0 Å². The predicted octanol–water partition coefficient (Wildman–Crippen LogP) is 1.12. The Balaban J connectivity index is 1.95. The lowest BCUT2D eigenvalue weighted by Crippen LogP contribution is -2.48. The molecule has 2 rings (SSSR count). The number of nitrogens with one attached hydrogen (secondary N) is 2. The van der Waals surface area contributed by atoms with Crippen molar-refractivity contribution in [2.24, 2.45) is 11.7 Å². The van der Waals surface area contributed by atoms with E-state index in [1.165, 1.54) is 6.42 Å². The van der Waals surface area contributed by atoms with Crippen LogP contribution in [0.15, 0.2) is 54.6 Å². The Hall–Kier alpha value is -3.39. The van der Waals surface area contributed by atoms with Gasteiger partial charge in [0.15, 0.2) is 0 Å². The molecule has 0 bridgehead atoms. The lowest BCUT2D eigenvalue weighted by atomic mass is 10.0. The molecular formula is C24H30N3O5. The molecule has 0 aromatic heterocycles. The maximum absolute atomic E-state index is 12.5. The standard InChI is InChI=1S/C24H30N3O5/c1-17(23(25)30)7-12-22(29)27-21(24(31)26-13-14-28)15-18-8-10-20(11-9-18)32-16-19-5-3-2-4-6-19/h2-6,8-12,17,21,28H,7,13-16H2,1H3,(H2,25,30)(H,26,31)(H,27,29). The molecule has 0 spiro atoms. The van der Waals surface area contributed by atoms with E-state index >= 15 is 0 Å². The van der Waals surface area contributed by atoms with Gasteiger partial charge in [-0.05, 0) is 29.7 Å². The predicted molar refractivity (Wildman–Crippen MR) is 120 cm³/mol. The van der Waals surface area contributed by atoms with E-state index in [-0.39, 0.29) is 26.0 Å². The van der Waals surface area contributed by atoms with Gasteiger partial charge >= 0.3 is 0 Å². The minimum Gasteiger partial charge on any atom is -0.489 e. The van der Waals surface area contributed by atoms with Gasteiger partial charge in [-0.25, -0.2) is 0 Å². The molecule has 0 aliphatic carbocycles. The molecule has 5 N–H and O–H groups in total. The maximum Gasteiger partial charge on any atom is 0.243 e. The average molecular weight is 441 g/mol. The highest BCUT2D eigenvalue weighted by Gasteiger charge is 2.22. The third kappa shape index (κ3) is 8.77. The van der Waals surface area contributed by atoms with Crippen LogP contribution in [-0.4, -0.2) is 42.0 Å². The number of aliphatic hydroxyl groups is 1. The number of ether oxygens (including phenoxy) is 1. The summed E-state index contributed by atoms with van der Waals surface area (Å²) in [6.45, 7) is 1.95. The first kappa shape index (κ1) is 24.9. The second kappa shape index (κ2) is 13.1. The highest BCUT2D eigenvalue weighted by atomic mass is 16.5. The summed E-state index contributed by atoms with van der Waals surface area (Å²) in [6, 6.07) is 16.2. The summed E-state index contributed by atoms with van der Waals surface area (Å²) in [6.07, 6.45) is 1.74. The van der Waals surface area contributed by atoms with Gasteiger partial charge in [0.2, 0.25) is 17.7 Å². The summed E-state index contributed by atoms with van der Waals surface area (Å²) in [7, 11) is 0. The number of aliphatic hydroxyl groups excluding tert-OH is 1. The summed E-state index contributed by atoms with van der Waals surface area (Å²) < 4.78 is 5.77. The van der Waals surface area contributed by atoms with Crippen molar-refractivity contribution in [2.75, 3.05) is 13.2 Å². The molecule has 32 heavy (non-hydrogen) atoms. The van der Waals surface area contributed by atoms with Crippen LogP contribution in [-0.2, 0) is 27.4 Å². The van der Waals surface area contributed by atoms with E-state index in [9.17, 15) is 14.4 Å². The number of amides is 3. The van der Waals surface area contributed by atoms with E-state index in [1.54, 1.807) is 6.92 Å². The topological polar surface area (TPSA) is 131 Å². The summed E-state index contributed by atoms with van der Waals surface area (Å²) in [4.78, 5) is 35.8. The Bertz CT molecular complexity index is 871. The number of benzene rings is 2. The minimum absolute atomic E-state index is 0.0832. The van der Waals surface area contributed by atoms with Crippen molar-refractivity contribution < 1.29 is 24.2 Å². The van der Waals surface area contributed by atoms with E-state index in [1.807, 2.05) is 54.6 Å². The van der Waals surface area contributed by atoms with Crippen molar-refractivity contribution >= 4 is 17.7 Å². The van der Waals surface area contributed by atoms with Crippen LogP contribution in [0.25, 0.3) is 0 Å². The molecule has 2 atom stereocenters. The normalized spacial score (nSPS) is 12.4. The van der Waals surface area contributed by atoms with Crippen molar-refractivity contribution in [3.8, 4) is 5.75 Å². The molecule has 0 aliphatic heterocycles. The number of nitrogens with two attached hydrogens (primary N) is 1. The Kier molecular flexibility index (Phi) is 10.2. The highest BCUT2D eigenvalue weighted by molar-refractivity contribution is 5.91. The van der Waals surface area contributed by atoms with Crippen LogP contribution in [0.3, 0.4) is 0 Å². The monoisotopic (exact) mass is 440 g/mol. The van der Waals surface area contributed by atoms with Crippen LogP contribution in [0.4, 0.5) is 0 Å². The molecule has 0 aliphatic rings. The SMILES string of the molecule is CC(C[CH]C(=O)NC(Cc1ccc(OCc2ccccc2)cc1)C(=O)NCCO)C(N)=O. The number of carbonyl (C=O) groups is 3. The molecule has 2 aromatic carbocycles. The summed E-state index contributed by atoms with van der Waals surface area (Å²) in [5.41, 5.74) is 7.09. The van der Waals surface area contributed by atoms with Gasteiger partial charge < -0.3 is 26.2 Å².